The number of Topliss-reactive ketones (excluding diaryl/α,β-unsaturated/α-hetero) is 1. The van der Waals surface area contributed by atoms with Crippen molar-refractivity contribution in [1.82, 2.24) is 0 Å². The first kappa shape index (κ1) is 11.4. The Morgan fingerprint density at radius 2 is 2.00 bits per heavy atom. The van der Waals surface area contributed by atoms with Crippen LogP contribution in [0.1, 0.15) is 23.0 Å². The second-order valence-electron chi connectivity index (χ2n) is 3.71. The minimum Gasteiger partial charge on any atom is -0.469 e. The van der Waals surface area contributed by atoms with Crippen molar-refractivity contribution in [2.24, 2.45) is 0 Å². The Hall–Kier alpha value is -2.10. The quantitative estimate of drug-likeness (QED) is 0.602. The molecular formula is C13H12O4. The standard InChI is InChI=1S/C13H12O4/c1-8(14)13-9-5-3-4-6-10(9)17-11(13)7-12(15)16-2/h3-6H,7H2,1-2H3. The number of carbonyl (C=O) groups is 2. The first-order chi connectivity index (χ1) is 8.13. The summed E-state index contributed by atoms with van der Waals surface area (Å²) < 4.78 is 10.1. The normalized spacial score (nSPS) is 10.5. The summed E-state index contributed by atoms with van der Waals surface area (Å²) in [7, 11) is 1.30. The fourth-order valence-electron chi connectivity index (χ4n) is 1.81. The van der Waals surface area contributed by atoms with Crippen molar-refractivity contribution in [3.8, 4) is 0 Å². The van der Waals surface area contributed by atoms with Crippen molar-refractivity contribution in [3.63, 3.8) is 0 Å². The van der Waals surface area contributed by atoms with Gasteiger partial charge in [-0.05, 0) is 13.0 Å². The molecule has 0 atom stereocenters. The number of esters is 1. The highest BCUT2D eigenvalue weighted by atomic mass is 16.5. The third kappa shape index (κ3) is 2.06. The summed E-state index contributed by atoms with van der Waals surface area (Å²) >= 11 is 0. The molecule has 88 valence electrons. The lowest BCUT2D eigenvalue weighted by Crippen LogP contribution is -2.06. The maximum atomic E-state index is 11.6. The number of hydrogen-bond donors (Lipinski definition) is 0. The molecule has 0 aliphatic rings. The fraction of sp³-hybridized carbons (Fsp3) is 0.231. The van der Waals surface area contributed by atoms with E-state index < -0.39 is 5.97 Å². The van der Waals surface area contributed by atoms with Gasteiger partial charge in [-0.3, -0.25) is 9.59 Å². The topological polar surface area (TPSA) is 56.5 Å². The molecule has 0 fully saturated rings. The Labute approximate surface area is 98.2 Å². The molecule has 2 aromatic rings. The van der Waals surface area contributed by atoms with E-state index in [4.69, 9.17) is 4.42 Å². The number of ether oxygens (including phenoxy) is 1. The summed E-state index contributed by atoms with van der Waals surface area (Å²) in [6, 6.07) is 7.21. The minimum absolute atomic E-state index is 0.0277. The van der Waals surface area contributed by atoms with Gasteiger partial charge in [-0.15, -0.1) is 0 Å². The predicted molar refractivity (Wildman–Crippen MR) is 61.9 cm³/mol. The van der Waals surface area contributed by atoms with Crippen LogP contribution in [0.4, 0.5) is 0 Å². The summed E-state index contributed by atoms with van der Waals surface area (Å²) in [4.78, 5) is 22.8. The molecule has 1 heterocycles. The van der Waals surface area contributed by atoms with E-state index in [0.717, 1.165) is 5.39 Å². The second kappa shape index (κ2) is 4.41. The van der Waals surface area contributed by atoms with Gasteiger partial charge in [-0.1, -0.05) is 18.2 Å². The average Bonchev–Trinajstić information content (AvgIpc) is 2.66. The van der Waals surface area contributed by atoms with E-state index in [1.165, 1.54) is 14.0 Å². The highest BCUT2D eigenvalue weighted by Crippen LogP contribution is 2.26. The van der Waals surface area contributed by atoms with Crippen LogP contribution in [0.2, 0.25) is 0 Å². The summed E-state index contributed by atoms with van der Waals surface area (Å²) in [5.74, 6) is -0.175. The van der Waals surface area contributed by atoms with Gasteiger partial charge in [0.05, 0.1) is 12.7 Å². The number of para-hydroxylation sites is 1. The van der Waals surface area contributed by atoms with E-state index in [-0.39, 0.29) is 12.2 Å². The van der Waals surface area contributed by atoms with E-state index in [1.54, 1.807) is 12.1 Å². The molecule has 2 rings (SSSR count). The predicted octanol–water partition coefficient (Wildman–Crippen LogP) is 2.35. The lowest BCUT2D eigenvalue weighted by atomic mass is 10.1. The lowest BCUT2D eigenvalue weighted by Gasteiger charge is -1.98. The van der Waals surface area contributed by atoms with Crippen LogP contribution in [0, 0.1) is 0 Å². The number of methoxy groups -OCH3 is 1. The molecule has 17 heavy (non-hydrogen) atoms. The third-order valence-corrected chi connectivity index (χ3v) is 2.55. The zero-order valence-electron chi connectivity index (χ0n) is 9.65. The largest absolute Gasteiger partial charge is 0.469 e. The van der Waals surface area contributed by atoms with Crippen LogP contribution in [0.3, 0.4) is 0 Å². The van der Waals surface area contributed by atoms with Gasteiger partial charge >= 0.3 is 5.97 Å². The van der Waals surface area contributed by atoms with Gasteiger partial charge in [-0.25, -0.2) is 0 Å². The zero-order chi connectivity index (χ0) is 12.4. The molecule has 4 heteroatoms. The van der Waals surface area contributed by atoms with Crippen LogP contribution >= 0.6 is 0 Å². The first-order valence-electron chi connectivity index (χ1n) is 5.21. The van der Waals surface area contributed by atoms with Crippen molar-refractivity contribution in [1.29, 1.82) is 0 Å². The Morgan fingerprint density at radius 3 is 2.65 bits per heavy atom. The van der Waals surface area contributed by atoms with Gasteiger partial charge in [0.1, 0.15) is 17.8 Å². The van der Waals surface area contributed by atoms with E-state index >= 15 is 0 Å². The molecule has 0 amide bonds. The SMILES string of the molecule is COC(=O)Cc1oc2ccccc2c1C(C)=O. The van der Waals surface area contributed by atoms with Crippen LogP contribution in [0.5, 0.6) is 0 Å². The molecule has 0 bridgehead atoms. The molecule has 4 nitrogen and oxygen atoms in total. The van der Waals surface area contributed by atoms with Gasteiger partial charge in [0.2, 0.25) is 0 Å². The highest BCUT2D eigenvalue weighted by Gasteiger charge is 2.19. The van der Waals surface area contributed by atoms with Gasteiger partial charge in [0.15, 0.2) is 5.78 Å². The van der Waals surface area contributed by atoms with Crippen molar-refractivity contribution >= 4 is 22.7 Å². The van der Waals surface area contributed by atoms with Crippen molar-refractivity contribution < 1.29 is 18.7 Å². The molecule has 0 spiro atoms. The van der Waals surface area contributed by atoms with Crippen molar-refractivity contribution in [2.75, 3.05) is 7.11 Å². The molecule has 0 aliphatic heterocycles. The molecule has 1 aromatic heterocycles. The number of ketones is 1. The molecule has 0 unspecified atom stereocenters. The van der Waals surface area contributed by atoms with Gasteiger partial charge in [-0.2, -0.15) is 0 Å². The first-order valence-corrected chi connectivity index (χ1v) is 5.21. The molecule has 0 N–H and O–H groups in total. The summed E-state index contributed by atoms with van der Waals surface area (Å²) in [5, 5.41) is 0.735. The monoisotopic (exact) mass is 232 g/mol. The number of fused-ring (bicyclic) bond motifs is 1. The van der Waals surface area contributed by atoms with E-state index in [0.29, 0.717) is 16.9 Å². The molecule has 0 radical (unpaired) electrons. The van der Waals surface area contributed by atoms with Gasteiger partial charge in [0, 0.05) is 5.39 Å². The Morgan fingerprint density at radius 1 is 1.29 bits per heavy atom. The van der Waals surface area contributed by atoms with Crippen LogP contribution < -0.4 is 0 Å². The number of benzene rings is 1. The number of carbonyl (C=O) groups excluding carboxylic acids is 2. The van der Waals surface area contributed by atoms with Crippen LogP contribution in [-0.4, -0.2) is 18.9 Å². The molecule has 1 aromatic carbocycles. The van der Waals surface area contributed by atoms with Crippen molar-refractivity contribution in [2.45, 2.75) is 13.3 Å². The number of rotatable bonds is 3. The summed E-state index contributed by atoms with van der Waals surface area (Å²) in [6.07, 6.45) is -0.0277. The molecular weight excluding hydrogens is 220 g/mol. The highest BCUT2D eigenvalue weighted by molar-refractivity contribution is 6.07. The van der Waals surface area contributed by atoms with Gasteiger partial charge < -0.3 is 9.15 Å². The molecule has 0 saturated carbocycles. The molecule has 0 saturated heterocycles. The summed E-state index contributed by atoms with van der Waals surface area (Å²) in [5.41, 5.74) is 1.07. The maximum Gasteiger partial charge on any atom is 0.313 e. The smallest absolute Gasteiger partial charge is 0.313 e. The Kier molecular flexibility index (Phi) is 2.95. The van der Waals surface area contributed by atoms with E-state index in [1.807, 2.05) is 12.1 Å². The van der Waals surface area contributed by atoms with Crippen LogP contribution in [0.25, 0.3) is 11.0 Å². The Bertz CT molecular complexity index is 580. The maximum absolute atomic E-state index is 11.6. The zero-order valence-corrected chi connectivity index (χ0v) is 9.65. The lowest BCUT2D eigenvalue weighted by molar-refractivity contribution is -0.140. The summed E-state index contributed by atoms with van der Waals surface area (Å²) in [6.45, 7) is 1.46. The van der Waals surface area contributed by atoms with Crippen molar-refractivity contribution in [3.05, 3.63) is 35.6 Å². The van der Waals surface area contributed by atoms with Gasteiger partial charge in [0.25, 0.3) is 0 Å². The number of furan rings is 1. The second-order valence-corrected chi connectivity index (χ2v) is 3.71. The Balaban J connectivity index is 2.57. The number of hydrogen-bond acceptors (Lipinski definition) is 4. The average molecular weight is 232 g/mol. The van der Waals surface area contributed by atoms with Crippen LogP contribution in [-0.2, 0) is 16.0 Å². The fourth-order valence-corrected chi connectivity index (χ4v) is 1.81. The van der Waals surface area contributed by atoms with Crippen LogP contribution in [0.15, 0.2) is 28.7 Å². The third-order valence-electron chi connectivity index (χ3n) is 2.55. The van der Waals surface area contributed by atoms with E-state index in [9.17, 15) is 9.59 Å². The molecule has 0 aliphatic carbocycles. The van der Waals surface area contributed by atoms with E-state index in [2.05, 4.69) is 4.74 Å². The minimum atomic E-state index is -0.424.